The van der Waals surface area contributed by atoms with Crippen molar-refractivity contribution in [3.63, 3.8) is 0 Å². The summed E-state index contributed by atoms with van der Waals surface area (Å²) >= 11 is 23.0. The summed E-state index contributed by atoms with van der Waals surface area (Å²) in [6.45, 7) is 6.49. The third-order valence-corrected chi connectivity index (χ3v) is 21.9. The second-order valence-corrected chi connectivity index (χ2v) is 29.2. The number of hydrogen-bond acceptors (Lipinski definition) is 9. The van der Waals surface area contributed by atoms with Crippen molar-refractivity contribution in [2.24, 2.45) is 26.7 Å². The first-order valence-electron chi connectivity index (χ1n) is 12.8. The van der Waals surface area contributed by atoms with Gasteiger partial charge in [-0.15, -0.1) is 0 Å². The van der Waals surface area contributed by atoms with Gasteiger partial charge < -0.3 is 26.0 Å². The monoisotopic (exact) mass is 747 g/mol. The van der Waals surface area contributed by atoms with E-state index in [0.717, 1.165) is 29.7 Å². The summed E-state index contributed by atoms with van der Waals surface area (Å²) in [5, 5.41) is 7.74. The van der Waals surface area contributed by atoms with Gasteiger partial charge in [-0.3, -0.25) is 4.78 Å². The molecule has 0 spiro atoms. The Labute approximate surface area is 274 Å². The highest BCUT2D eigenvalue weighted by Gasteiger charge is 2.36. The summed E-state index contributed by atoms with van der Waals surface area (Å²) in [4.78, 5) is -2.65. The molecule has 9 nitrogen and oxygen atoms in total. The molecule has 0 saturated carbocycles. The van der Waals surface area contributed by atoms with E-state index in [1.807, 2.05) is 81.1 Å². The number of hydrogen-bond donors (Lipinski definition) is 3. The molecule has 6 unspecified atom stereocenters. The zero-order valence-electron chi connectivity index (χ0n) is 24.4. The van der Waals surface area contributed by atoms with E-state index in [1.54, 1.807) is 19.5 Å². The van der Waals surface area contributed by atoms with Crippen LogP contribution in [0.2, 0.25) is 0 Å². The van der Waals surface area contributed by atoms with E-state index in [1.165, 1.54) is 4.78 Å². The maximum absolute atomic E-state index is 6.45. The number of benzene rings is 2. The first-order valence-corrected chi connectivity index (χ1v) is 25.4. The summed E-state index contributed by atoms with van der Waals surface area (Å²) in [5.41, 5.74) is 20.2. The van der Waals surface area contributed by atoms with Gasteiger partial charge in [-0.1, -0.05) is 25.7 Å². The van der Waals surface area contributed by atoms with Crippen molar-refractivity contribution in [3.05, 3.63) is 59.7 Å². The molecule has 42 heavy (non-hydrogen) atoms. The van der Waals surface area contributed by atoms with E-state index in [-0.39, 0.29) is 8.42 Å². The summed E-state index contributed by atoms with van der Waals surface area (Å²) in [6, 6.07) is 15.3. The highest BCUT2D eigenvalue weighted by molar-refractivity contribution is 8.55. The van der Waals surface area contributed by atoms with E-state index < -0.39 is 37.6 Å². The Hall–Kier alpha value is 0.0300. The maximum atomic E-state index is 6.45. The number of nitrogens with two attached hydrogens (primary N) is 3. The minimum atomic E-state index is -2.65. The van der Waals surface area contributed by atoms with Crippen molar-refractivity contribution in [3.8, 4) is 11.5 Å². The van der Waals surface area contributed by atoms with Crippen LogP contribution in [-0.4, -0.2) is 46.8 Å². The second-order valence-electron chi connectivity index (χ2n) is 9.52. The molecule has 0 aliphatic rings. The Morgan fingerprint density at radius 1 is 0.952 bits per heavy atom. The molecule has 0 saturated heterocycles. The van der Waals surface area contributed by atoms with E-state index in [9.17, 15) is 0 Å². The minimum Gasteiger partial charge on any atom is -0.481 e. The third kappa shape index (κ3) is 11.1. The van der Waals surface area contributed by atoms with Crippen LogP contribution in [0.3, 0.4) is 0 Å². The molecule has 0 amide bonds. The van der Waals surface area contributed by atoms with Gasteiger partial charge >= 0.3 is 0 Å². The smallest absolute Gasteiger partial charge is 0.222 e. The van der Waals surface area contributed by atoms with Crippen LogP contribution in [0.1, 0.15) is 51.7 Å². The van der Waals surface area contributed by atoms with Gasteiger partial charge in [0.15, 0.2) is 0 Å². The summed E-state index contributed by atoms with van der Waals surface area (Å²) in [7, 11) is 1.70. The van der Waals surface area contributed by atoms with Crippen molar-refractivity contribution in [2.75, 3.05) is 14.1 Å². The highest BCUT2D eigenvalue weighted by Crippen LogP contribution is 2.74. The van der Waals surface area contributed by atoms with E-state index in [0.29, 0.717) is 5.75 Å². The van der Waals surface area contributed by atoms with Gasteiger partial charge in [0.25, 0.3) is 0 Å². The zero-order valence-corrected chi connectivity index (χ0v) is 32.3. The fraction of sp³-hybridized carbons (Fsp3) is 0.417. The topological polar surface area (TPSA) is 128 Å². The van der Waals surface area contributed by atoms with Crippen LogP contribution in [0.4, 0.5) is 0 Å². The number of hydrazone groups is 2. The van der Waals surface area contributed by atoms with Gasteiger partial charge in [0.05, 0.1) is 27.0 Å². The van der Waals surface area contributed by atoms with E-state index >= 15 is 0 Å². The average molecular weight is 749 g/mol. The SMILES string of the molecule is CCC(C)(Oc1ccc(/C=N/N(C)[PH](=S)C(C)(CC)Oc2ccc(/C=N/N(C)P(=S)(Cl)Cl)cc2)cc1)P(N)P(N)PN. The molecule has 0 radical (unpaired) electrons. The third-order valence-electron chi connectivity index (χ3n) is 6.46. The van der Waals surface area contributed by atoms with Crippen LogP contribution >= 0.6 is 57.9 Å². The predicted octanol–water partition coefficient (Wildman–Crippen LogP) is 8.31. The molecule has 0 aliphatic heterocycles. The van der Waals surface area contributed by atoms with Gasteiger partial charge in [0.2, 0.25) is 4.89 Å². The lowest BCUT2D eigenvalue weighted by Crippen LogP contribution is -2.31. The standard InChI is InChI=1S/C24H40Cl2N7O2P5S2/c1-7-23(3,37(28)39(29)36-27)34-21-13-9-19(10-14-21)17-30-32(5)38(41)24(4,8-2)35-22-15-11-20(12-16-22)18-31-33(6)40(25,26)42/h9-18,36,38H,7-8,27-29H2,1-6H3/b30-17+,31-18+. The largest absolute Gasteiger partial charge is 0.481 e. The molecule has 2 aromatic rings. The lowest BCUT2D eigenvalue weighted by Gasteiger charge is -2.37. The maximum Gasteiger partial charge on any atom is 0.222 e. The van der Waals surface area contributed by atoms with Crippen LogP contribution < -0.4 is 26.0 Å². The zero-order chi connectivity index (χ0) is 31.7. The van der Waals surface area contributed by atoms with Crippen LogP contribution in [0.25, 0.3) is 0 Å². The Morgan fingerprint density at radius 2 is 1.43 bits per heavy atom. The van der Waals surface area contributed by atoms with Crippen LogP contribution in [0, 0.1) is 0 Å². The van der Waals surface area contributed by atoms with E-state index in [4.69, 9.17) is 72.1 Å². The molecule has 2 rings (SSSR count). The Morgan fingerprint density at radius 3 is 1.86 bits per heavy atom. The van der Waals surface area contributed by atoms with Gasteiger partial charge in [-0.2, -0.15) is 10.2 Å². The summed E-state index contributed by atoms with van der Waals surface area (Å²) in [6.07, 6.45) is 4.89. The Bertz CT molecular complexity index is 1290. The fourth-order valence-corrected chi connectivity index (χ4v) is 12.4. The van der Waals surface area contributed by atoms with Gasteiger partial charge in [-0.05, 0) is 129 Å². The molecular formula is C24H40Cl2N7O2P5S2. The minimum absolute atomic E-state index is 0.139. The average Bonchev–Trinajstić information content (AvgIpc) is 2.98. The van der Waals surface area contributed by atoms with Gasteiger partial charge in [0, 0.05) is 21.5 Å². The van der Waals surface area contributed by atoms with Crippen molar-refractivity contribution in [1.29, 1.82) is 0 Å². The number of ether oxygens (including phenoxy) is 2. The van der Waals surface area contributed by atoms with Crippen molar-refractivity contribution in [2.45, 2.75) is 51.2 Å². The lowest BCUT2D eigenvalue weighted by molar-refractivity contribution is 0.171. The van der Waals surface area contributed by atoms with E-state index in [2.05, 4.69) is 17.1 Å². The summed E-state index contributed by atoms with van der Waals surface area (Å²) in [5.74, 6) is 1.43. The molecule has 18 heteroatoms. The molecule has 2 aromatic carbocycles. The molecule has 6 atom stereocenters. The number of nitrogens with zero attached hydrogens (tertiary/aromatic N) is 4. The molecule has 0 aromatic heterocycles. The van der Waals surface area contributed by atoms with Crippen molar-refractivity contribution < 1.29 is 9.47 Å². The van der Waals surface area contributed by atoms with Crippen LogP contribution in [0.15, 0.2) is 58.7 Å². The Balaban J connectivity index is 2.06. The molecule has 234 valence electrons. The van der Waals surface area contributed by atoms with Crippen LogP contribution in [0.5, 0.6) is 11.5 Å². The molecule has 0 heterocycles. The molecule has 0 bridgehead atoms. The summed E-state index contributed by atoms with van der Waals surface area (Å²) < 4.78 is 15.9. The molecule has 6 N–H and O–H groups in total. The highest BCUT2D eigenvalue weighted by atomic mass is 35.9. The molecule has 0 aliphatic carbocycles. The van der Waals surface area contributed by atoms with Gasteiger partial charge in [0.1, 0.15) is 22.2 Å². The lowest BCUT2D eigenvalue weighted by atomic mass is 10.2. The van der Waals surface area contributed by atoms with Crippen molar-refractivity contribution in [1.82, 2.24) is 9.56 Å². The fourth-order valence-electron chi connectivity index (χ4n) is 3.35. The number of halogens is 2. The first kappa shape index (κ1) is 38.2. The number of rotatable bonds is 16. The quantitative estimate of drug-likeness (QED) is 0.0883. The van der Waals surface area contributed by atoms with Crippen molar-refractivity contribution >= 4 is 93.9 Å². The van der Waals surface area contributed by atoms with Crippen LogP contribution in [-0.2, 0) is 23.6 Å². The Kier molecular flexibility index (Phi) is 15.5. The second kappa shape index (κ2) is 17.1. The molecular weight excluding hydrogens is 708 g/mol. The normalized spacial score (nSPS) is 17.6. The molecule has 0 fully saturated rings. The predicted molar refractivity (Wildman–Crippen MR) is 199 cm³/mol. The first-order chi connectivity index (χ1) is 19.6. The van der Waals surface area contributed by atoms with Gasteiger partial charge in [-0.25, -0.2) is 4.78 Å².